The van der Waals surface area contributed by atoms with Crippen LogP contribution in [-0.4, -0.2) is 26.6 Å². The number of aryl methyl sites for hydroxylation is 4. The summed E-state index contributed by atoms with van der Waals surface area (Å²) in [5.74, 6) is 1.32. The van der Waals surface area contributed by atoms with E-state index < -0.39 is 0 Å². The van der Waals surface area contributed by atoms with Crippen LogP contribution in [0.2, 0.25) is 0 Å². The van der Waals surface area contributed by atoms with Gasteiger partial charge in [0.2, 0.25) is 5.91 Å². The lowest BCUT2D eigenvalue weighted by atomic mass is 10.2. The Hall–Kier alpha value is -1.71. The molecule has 2 N–H and O–H groups in total. The number of aromatic amines is 1. The summed E-state index contributed by atoms with van der Waals surface area (Å²) >= 11 is 4.54. The van der Waals surface area contributed by atoms with Crippen molar-refractivity contribution in [2.75, 3.05) is 11.1 Å². The molecule has 3 aromatic heterocycles. The van der Waals surface area contributed by atoms with Crippen LogP contribution in [0.3, 0.4) is 0 Å². The van der Waals surface area contributed by atoms with Gasteiger partial charge in [0.15, 0.2) is 5.13 Å². The molecule has 0 fully saturated rings. The molecule has 0 radical (unpaired) electrons. The Morgan fingerprint density at radius 1 is 1.27 bits per heavy atom. The number of anilines is 1. The smallest absolute Gasteiger partial charge is 0.259 e. The number of hydrogen-bond acceptors (Lipinski definition) is 7. The van der Waals surface area contributed by atoms with Gasteiger partial charge in [0, 0.05) is 9.75 Å². The second kappa shape index (κ2) is 7.13. The lowest BCUT2D eigenvalue weighted by Gasteiger charge is -2.03. The molecule has 1 aliphatic rings. The number of thioether (sulfide) groups is 1. The third-order valence-corrected chi connectivity index (χ3v) is 7.49. The van der Waals surface area contributed by atoms with Gasteiger partial charge in [0.1, 0.15) is 10.7 Å². The molecule has 0 saturated carbocycles. The van der Waals surface area contributed by atoms with E-state index in [2.05, 4.69) is 20.3 Å². The van der Waals surface area contributed by atoms with Crippen molar-refractivity contribution in [3.8, 4) is 0 Å². The molecule has 6 nitrogen and oxygen atoms in total. The maximum absolute atomic E-state index is 12.4. The number of fused-ring (bicyclic) bond motifs is 3. The van der Waals surface area contributed by atoms with E-state index in [4.69, 9.17) is 0 Å². The average molecular weight is 407 g/mol. The van der Waals surface area contributed by atoms with Crippen molar-refractivity contribution in [2.45, 2.75) is 38.9 Å². The molecule has 0 aromatic carbocycles. The molecular weight excluding hydrogens is 388 g/mol. The minimum atomic E-state index is -0.0951. The van der Waals surface area contributed by atoms with Crippen LogP contribution < -0.4 is 10.9 Å². The Morgan fingerprint density at radius 3 is 2.88 bits per heavy atom. The first kappa shape index (κ1) is 17.7. The van der Waals surface area contributed by atoms with E-state index in [1.807, 2.05) is 13.8 Å². The van der Waals surface area contributed by atoms with Gasteiger partial charge in [-0.05, 0) is 38.7 Å². The highest BCUT2D eigenvalue weighted by Gasteiger charge is 2.21. The summed E-state index contributed by atoms with van der Waals surface area (Å²) in [6.07, 6.45) is 3.15. The Kier molecular flexibility index (Phi) is 4.85. The number of carbonyl (C=O) groups is 1. The van der Waals surface area contributed by atoms with Gasteiger partial charge >= 0.3 is 0 Å². The van der Waals surface area contributed by atoms with Crippen molar-refractivity contribution in [2.24, 2.45) is 0 Å². The zero-order chi connectivity index (χ0) is 18.3. The van der Waals surface area contributed by atoms with Crippen molar-refractivity contribution < 1.29 is 4.79 Å². The van der Waals surface area contributed by atoms with Crippen molar-refractivity contribution in [3.63, 3.8) is 0 Å². The summed E-state index contributed by atoms with van der Waals surface area (Å²) in [6.45, 7) is 3.91. The molecule has 3 heterocycles. The van der Waals surface area contributed by atoms with E-state index in [1.54, 1.807) is 11.3 Å². The maximum Gasteiger partial charge on any atom is 0.259 e. The van der Waals surface area contributed by atoms with Crippen molar-refractivity contribution in [1.29, 1.82) is 0 Å². The molecule has 9 heteroatoms. The first-order valence-electron chi connectivity index (χ1n) is 8.36. The Bertz CT molecular complexity index is 1030. The molecule has 4 rings (SSSR count). The number of nitrogens with zero attached hydrogens (tertiary/aromatic N) is 2. The molecule has 3 aromatic rings. The standard InChI is InChI=1S/C17H18N4O2S3/c1-8-9(2)25-17(18-8)21-13(22)7-24-6-12-19-15(23)14-10-4-3-5-11(10)26-16(14)20-12/h3-7H2,1-2H3,(H,18,21,22)(H,19,20,23). The maximum atomic E-state index is 12.4. The van der Waals surface area contributed by atoms with E-state index in [0.717, 1.165) is 40.1 Å². The first-order valence-corrected chi connectivity index (χ1v) is 11.1. The van der Waals surface area contributed by atoms with E-state index in [1.165, 1.54) is 33.5 Å². The van der Waals surface area contributed by atoms with Crippen LogP contribution in [0.4, 0.5) is 5.13 Å². The summed E-state index contributed by atoms with van der Waals surface area (Å²) in [6, 6.07) is 0. The SMILES string of the molecule is Cc1nc(NC(=O)CSCc2nc3sc4c(c3c(=O)[nH]2)CCC4)sc1C. The van der Waals surface area contributed by atoms with Gasteiger partial charge in [-0.25, -0.2) is 9.97 Å². The fourth-order valence-corrected chi connectivity index (χ4v) is 5.84. The monoisotopic (exact) mass is 406 g/mol. The number of hydrogen-bond donors (Lipinski definition) is 2. The first-order chi connectivity index (χ1) is 12.5. The Balaban J connectivity index is 1.39. The van der Waals surface area contributed by atoms with Gasteiger partial charge in [-0.1, -0.05) is 0 Å². The molecule has 0 unspecified atom stereocenters. The van der Waals surface area contributed by atoms with Crippen LogP contribution in [0.25, 0.3) is 10.2 Å². The largest absolute Gasteiger partial charge is 0.309 e. The molecule has 0 saturated heterocycles. The number of thiazole rings is 1. The minimum Gasteiger partial charge on any atom is -0.309 e. The normalized spacial score (nSPS) is 13.3. The molecule has 1 aliphatic carbocycles. The fraction of sp³-hybridized carbons (Fsp3) is 0.412. The van der Waals surface area contributed by atoms with Gasteiger partial charge in [-0.15, -0.1) is 34.4 Å². The minimum absolute atomic E-state index is 0.0526. The third kappa shape index (κ3) is 3.43. The molecule has 26 heavy (non-hydrogen) atoms. The van der Waals surface area contributed by atoms with Crippen LogP contribution >= 0.6 is 34.4 Å². The summed E-state index contributed by atoms with van der Waals surface area (Å²) < 4.78 is 0. The van der Waals surface area contributed by atoms with E-state index in [0.29, 0.717) is 22.5 Å². The van der Waals surface area contributed by atoms with Gasteiger partial charge in [-0.3, -0.25) is 9.59 Å². The average Bonchev–Trinajstić information content (AvgIpc) is 3.22. The summed E-state index contributed by atoms with van der Waals surface area (Å²) in [7, 11) is 0. The topological polar surface area (TPSA) is 87.7 Å². The predicted molar refractivity (Wildman–Crippen MR) is 109 cm³/mol. The zero-order valence-corrected chi connectivity index (χ0v) is 16.9. The van der Waals surface area contributed by atoms with E-state index in [-0.39, 0.29) is 11.5 Å². The van der Waals surface area contributed by atoms with E-state index >= 15 is 0 Å². The highest BCUT2D eigenvalue weighted by molar-refractivity contribution is 7.99. The zero-order valence-electron chi connectivity index (χ0n) is 14.5. The molecule has 0 aliphatic heterocycles. The van der Waals surface area contributed by atoms with Gasteiger partial charge in [-0.2, -0.15) is 0 Å². The molecule has 0 atom stereocenters. The lowest BCUT2D eigenvalue weighted by molar-refractivity contribution is -0.113. The fourth-order valence-electron chi connectivity index (χ4n) is 3.04. The van der Waals surface area contributed by atoms with Crippen molar-refractivity contribution in [3.05, 3.63) is 37.2 Å². The molecule has 1 amide bonds. The molecule has 0 spiro atoms. The molecule has 136 valence electrons. The van der Waals surface area contributed by atoms with E-state index in [9.17, 15) is 9.59 Å². The Labute approximate surface area is 162 Å². The van der Waals surface area contributed by atoms with Crippen LogP contribution in [0, 0.1) is 13.8 Å². The van der Waals surface area contributed by atoms with Crippen LogP contribution in [0.1, 0.15) is 33.3 Å². The predicted octanol–water partition coefficient (Wildman–Crippen LogP) is 3.42. The summed E-state index contributed by atoms with van der Waals surface area (Å²) in [5, 5.41) is 4.21. The Morgan fingerprint density at radius 2 is 2.12 bits per heavy atom. The quantitative estimate of drug-likeness (QED) is 0.678. The number of aromatic nitrogens is 3. The van der Waals surface area contributed by atoms with Gasteiger partial charge in [0.05, 0.1) is 22.6 Å². The van der Waals surface area contributed by atoms with Crippen LogP contribution in [-0.2, 0) is 23.4 Å². The summed E-state index contributed by atoms with van der Waals surface area (Å²) in [5.41, 5.74) is 2.07. The number of amides is 1. The number of carbonyl (C=O) groups excluding carboxylic acids is 1. The number of H-pyrrole nitrogens is 1. The second-order valence-electron chi connectivity index (χ2n) is 6.25. The second-order valence-corrected chi connectivity index (χ2v) is 9.52. The number of thiophene rings is 1. The third-order valence-electron chi connectivity index (χ3n) is 4.37. The van der Waals surface area contributed by atoms with Gasteiger partial charge in [0.25, 0.3) is 5.56 Å². The number of nitrogens with one attached hydrogen (secondary N) is 2. The van der Waals surface area contributed by atoms with Crippen molar-refractivity contribution in [1.82, 2.24) is 15.0 Å². The van der Waals surface area contributed by atoms with Crippen LogP contribution in [0.5, 0.6) is 0 Å². The van der Waals surface area contributed by atoms with Crippen LogP contribution in [0.15, 0.2) is 4.79 Å². The molecular formula is C17H18N4O2S3. The highest BCUT2D eigenvalue weighted by Crippen LogP contribution is 2.34. The highest BCUT2D eigenvalue weighted by atomic mass is 32.2. The lowest BCUT2D eigenvalue weighted by Crippen LogP contribution is -2.15. The number of rotatable bonds is 5. The molecule has 0 bridgehead atoms. The summed E-state index contributed by atoms with van der Waals surface area (Å²) in [4.78, 5) is 39.5. The van der Waals surface area contributed by atoms with Crippen molar-refractivity contribution >= 4 is 55.7 Å². The van der Waals surface area contributed by atoms with Gasteiger partial charge < -0.3 is 10.3 Å².